The van der Waals surface area contributed by atoms with Gasteiger partial charge in [0, 0.05) is 50.5 Å². The molecule has 0 aliphatic carbocycles. The van der Waals surface area contributed by atoms with Crippen molar-refractivity contribution in [3.8, 4) is 0 Å². The van der Waals surface area contributed by atoms with E-state index in [4.69, 9.17) is 0 Å². The third-order valence-electron chi connectivity index (χ3n) is 8.11. The summed E-state index contributed by atoms with van der Waals surface area (Å²) in [5.74, 6) is -1.56. The molecule has 4 aromatic rings. The maximum Gasteiger partial charge on any atom is 0.331 e. The predicted octanol–water partition coefficient (Wildman–Crippen LogP) is 4.81. The van der Waals surface area contributed by atoms with Crippen molar-refractivity contribution in [3.63, 3.8) is 0 Å². The molecule has 6 nitrogen and oxygen atoms in total. The fraction of sp³-hybridized carbons (Fsp3) is 0.333. The summed E-state index contributed by atoms with van der Waals surface area (Å²) in [5, 5.41) is 0. The first-order valence-corrected chi connectivity index (χ1v) is 14.2. The van der Waals surface area contributed by atoms with Gasteiger partial charge in [-0.25, -0.2) is 13.6 Å². The van der Waals surface area contributed by atoms with Gasteiger partial charge < -0.3 is 4.90 Å². The second kappa shape index (κ2) is 12.6. The first-order chi connectivity index (χ1) is 19.8. The maximum atomic E-state index is 14.7. The Hall–Kier alpha value is -4.04. The zero-order valence-corrected chi connectivity index (χ0v) is 23.6. The Balaban J connectivity index is 1.46. The third kappa shape index (κ3) is 6.33. The molecule has 2 heterocycles. The van der Waals surface area contributed by atoms with E-state index in [1.54, 1.807) is 6.92 Å². The molecular formula is C33H36F2N4O2. The average molecular weight is 559 g/mol. The van der Waals surface area contributed by atoms with E-state index in [0.717, 1.165) is 31.6 Å². The summed E-state index contributed by atoms with van der Waals surface area (Å²) in [5.41, 5.74) is 2.00. The Morgan fingerprint density at radius 1 is 0.780 bits per heavy atom. The van der Waals surface area contributed by atoms with Crippen LogP contribution in [0.3, 0.4) is 0 Å². The molecule has 3 aromatic carbocycles. The Kier molecular flexibility index (Phi) is 8.78. The number of rotatable bonds is 9. The van der Waals surface area contributed by atoms with Gasteiger partial charge in [0.2, 0.25) is 0 Å². The summed E-state index contributed by atoms with van der Waals surface area (Å²) >= 11 is 0. The number of hydrogen-bond donors (Lipinski definition) is 0. The molecule has 1 aliphatic heterocycles. The van der Waals surface area contributed by atoms with E-state index < -0.39 is 17.3 Å². The van der Waals surface area contributed by atoms with E-state index in [1.807, 2.05) is 60.4 Å². The van der Waals surface area contributed by atoms with Crippen LogP contribution in [-0.2, 0) is 19.5 Å². The number of hydrogen-bond acceptors (Lipinski definition) is 4. The molecule has 214 valence electrons. The van der Waals surface area contributed by atoms with Gasteiger partial charge in [0.1, 0.15) is 17.3 Å². The molecule has 1 fully saturated rings. The average Bonchev–Trinajstić information content (AvgIpc) is 2.99. The Morgan fingerprint density at radius 2 is 1.39 bits per heavy atom. The summed E-state index contributed by atoms with van der Waals surface area (Å²) < 4.78 is 31.9. The van der Waals surface area contributed by atoms with E-state index in [1.165, 1.54) is 32.9 Å². The van der Waals surface area contributed by atoms with Crippen LogP contribution in [0.2, 0.25) is 0 Å². The molecule has 0 bridgehead atoms. The fourth-order valence-electron chi connectivity index (χ4n) is 5.63. The molecule has 0 saturated carbocycles. The van der Waals surface area contributed by atoms with Crippen molar-refractivity contribution in [2.24, 2.45) is 0 Å². The minimum Gasteiger partial charge on any atom is -0.363 e. The number of halogens is 2. The molecule has 1 saturated heterocycles. The Labute approximate surface area is 239 Å². The van der Waals surface area contributed by atoms with E-state index in [0.29, 0.717) is 24.5 Å². The highest BCUT2D eigenvalue weighted by Gasteiger charge is 2.26. The second-order valence-corrected chi connectivity index (χ2v) is 10.8. The molecule has 41 heavy (non-hydrogen) atoms. The van der Waals surface area contributed by atoms with Gasteiger partial charge in [-0.05, 0) is 42.5 Å². The van der Waals surface area contributed by atoms with E-state index in [2.05, 4.69) is 17.0 Å². The van der Waals surface area contributed by atoms with Crippen molar-refractivity contribution in [2.75, 3.05) is 37.6 Å². The van der Waals surface area contributed by atoms with Crippen LogP contribution in [0.1, 0.15) is 35.2 Å². The van der Waals surface area contributed by atoms with Crippen LogP contribution in [-0.4, -0.2) is 46.8 Å². The highest BCUT2D eigenvalue weighted by Crippen LogP contribution is 2.21. The first kappa shape index (κ1) is 28.5. The number of anilines is 1. The molecule has 1 aromatic heterocycles. The van der Waals surface area contributed by atoms with Crippen molar-refractivity contribution in [2.45, 2.75) is 39.3 Å². The van der Waals surface area contributed by atoms with E-state index >= 15 is 0 Å². The van der Waals surface area contributed by atoms with E-state index in [-0.39, 0.29) is 30.1 Å². The molecule has 0 spiro atoms. The standard InChI is InChI=1S/C33H36F2N4O2/c1-24(27-12-7-4-8-13-27)22-39-32(40)31(25(2)38(33(39)41)23-28-29(34)14-9-15-30(28)35)37-20-18-36(19-21-37)17-16-26-10-5-3-6-11-26/h3-15,24H,16-23H2,1-2H3/t24-/m0/s1. The van der Waals surface area contributed by atoms with Crippen molar-refractivity contribution in [1.29, 1.82) is 0 Å². The molecule has 1 aliphatic rings. The second-order valence-electron chi connectivity index (χ2n) is 10.8. The number of benzene rings is 3. The molecule has 1 atom stereocenters. The van der Waals surface area contributed by atoms with Crippen LogP contribution < -0.4 is 16.1 Å². The van der Waals surface area contributed by atoms with Crippen LogP contribution in [0.5, 0.6) is 0 Å². The highest BCUT2D eigenvalue weighted by atomic mass is 19.1. The van der Waals surface area contributed by atoms with Crippen LogP contribution in [0.25, 0.3) is 0 Å². The summed E-state index contributed by atoms with van der Waals surface area (Å²) in [6, 6.07) is 23.7. The quantitative estimate of drug-likeness (QED) is 0.296. The van der Waals surface area contributed by atoms with Gasteiger partial charge in [-0.1, -0.05) is 73.7 Å². The molecule has 0 N–H and O–H groups in total. The molecule has 8 heteroatoms. The van der Waals surface area contributed by atoms with Crippen molar-refractivity contribution in [1.82, 2.24) is 14.0 Å². The summed E-state index contributed by atoms with van der Waals surface area (Å²) in [4.78, 5) is 32.1. The lowest BCUT2D eigenvalue weighted by molar-refractivity contribution is 0.260. The van der Waals surface area contributed by atoms with Gasteiger partial charge >= 0.3 is 5.69 Å². The minimum absolute atomic E-state index is 0.120. The Bertz CT molecular complexity index is 1570. The van der Waals surface area contributed by atoms with Gasteiger partial charge in [-0.3, -0.25) is 18.8 Å². The van der Waals surface area contributed by atoms with Gasteiger partial charge in [0.15, 0.2) is 0 Å². The number of piperazine rings is 1. The van der Waals surface area contributed by atoms with Gasteiger partial charge in [0.25, 0.3) is 5.56 Å². The van der Waals surface area contributed by atoms with Gasteiger partial charge in [0.05, 0.1) is 6.54 Å². The molecule has 0 unspecified atom stereocenters. The summed E-state index contributed by atoms with van der Waals surface area (Å²) in [6.45, 7) is 7.22. The molecule has 5 rings (SSSR count). The van der Waals surface area contributed by atoms with Crippen molar-refractivity contribution < 1.29 is 8.78 Å². The smallest absolute Gasteiger partial charge is 0.331 e. The normalized spacial score (nSPS) is 14.8. The number of aromatic nitrogens is 2. The molecule has 0 amide bonds. The number of nitrogens with zero attached hydrogens (tertiary/aromatic N) is 4. The molecule has 0 radical (unpaired) electrons. The van der Waals surface area contributed by atoms with Crippen LogP contribution in [0.4, 0.5) is 14.5 Å². The largest absolute Gasteiger partial charge is 0.363 e. The first-order valence-electron chi connectivity index (χ1n) is 14.2. The monoisotopic (exact) mass is 558 g/mol. The zero-order valence-electron chi connectivity index (χ0n) is 23.6. The van der Waals surface area contributed by atoms with Gasteiger partial charge in [-0.15, -0.1) is 0 Å². The summed E-state index contributed by atoms with van der Waals surface area (Å²) in [6.07, 6.45) is 0.948. The Morgan fingerprint density at radius 3 is 2.02 bits per heavy atom. The zero-order chi connectivity index (χ0) is 28.9. The van der Waals surface area contributed by atoms with Crippen molar-refractivity contribution >= 4 is 5.69 Å². The van der Waals surface area contributed by atoms with Crippen LogP contribution >= 0.6 is 0 Å². The minimum atomic E-state index is -0.722. The van der Waals surface area contributed by atoms with Crippen molar-refractivity contribution in [3.05, 3.63) is 134 Å². The topological polar surface area (TPSA) is 50.5 Å². The van der Waals surface area contributed by atoms with Crippen LogP contribution in [0.15, 0.2) is 88.5 Å². The molecular weight excluding hydrogens is 522 g/mol. The highest BCUT2D eigenvalue weighted by molar-refractivity contribution is 5.50. The maximum absolute atomic E-state index is 14.7. The predicted molar refractivity (Wildman–Crippen MR) is 159 cm³/mol. The summed E-state index contributed by atoms with van der Waals surface area (Å²) in [7, 11) is 0. The lowest BCUT2D eigenvalue weighted by Gasteiger charge is -2.37. The third-order valence-corrected chi connectivity index (χ3v) is 8.11. The lowest BCUT2D eigenvalue weighted by atomic mass is 10.0. The van der Waals surface area contributed by atoms with Crippen LogP contribution in [0, 0.1) is 18.6 Å². The fourth-order valence-corrected chi connectivity index (χ4v) is 5.63. The SMILES string of the molecule is Cc1c(N2CCN(CCc3ccccc3)CC2)c(=O)n(C[C@H](C)c2ccccc2)c(=O)n1Cc1c(F)cccc1F. The van der Waals surface area contributed by atoms with E-state index in [9.17, 15) is 18.4 Å². The van der Waals surface area contributed by atoms with Gasteiger partial charge in [-0.2, -0.15) is 0 Å². The lowest BCUT2D eigenvalue weighted by Crippen LogP contribution is -2.51.